The van der Waals surface area contributed by atoms with Crippen LogP contribution in [0.25, 0.3) is 10.2 Å². The monoisotopic (exact) mass is 371 g/mol. The number of fused-ring (bicyclic) bond motifs is 2. The molecule has 0 saturated carbocycles. The van der Waals surface area contributed by atoms with Crippen LogP contribution >= 0.6 is 11.3 Å². The van der Waals surface area contributed by atoms with E-state index in [4.69, 9.17) is 10.7 Å². The van der Waals surface area contributed by atoms with E-state index in [1.165, 1.54) is 33.9 Å². The van der Waals surface area contributed by atoms with E-state index in [9.17, 15) is 9.18 Å². The highest BCUT2D eigenvalue weighted by atomic mass is 32.1. The van der Waals surface area contributed by atoms with E-state index >= 15 is 0 Å². The highest BCUT2D eigenvalue weighted by molar-refractivity contribution is 7.21. The van der Waals surface area contributed by atoms with Gasteiger partial charge >= 0.3 is 0 Å². The molecule has 0 saturated heterocycles. The predicted molar refractivity (Wildman–Crippen MR) is 102 cm³/mol. The Bertz CT molecular complexity index is 1030. The molecule has 1 atom stereocenters. The summed E-state index contributed by atoms with van der Waals surface area (Å²) in [7, 11) is 2.16. The Balaban J connectivity index is 1.71. The van der Waals surface area contributed by atoms with Crippen LogP contribution in [-0.4, -0.2) is 24.5 Å². The summed E-state index contributed by atoms with van der Waals surface area (Å²) in [6.07, 6.45) is 0.929. The van der Waals surface area contributed by atoms with Gasteiger partial charge in [0.15, 0.2) is 0 Å². The molecule has 3 aromatic rings. The molecular weight excluding hydrogens is 351 g/mol. The van der Waals surface area contributed by atoms with Crippen molar-refractivity contribution < 1.29 is 14.1 Å². The number of pyridine rings is 1. The summed E-state index contributed by atoms with van der Waals surface area (Å²) in [6.45, 7) is 3.79. The van der Waals surface area contributed by atoms with Crippen molar-refractivity contribution >= 4 is 38.8 Å². The predicted octanol–water partition coefficient (Wildman–Crippen LogP) is 2.15. The minimum atomic E-state index is -0.392. The number of nitrogens with one attached hydrogen (secondary N) is 2. The number of aryl methyl sites for hydroxylation is 1. The Hall–Kier alpha value is -2.51. The fourth-order valence-corrected chi connectivity index (χ4v) is 4.30. The Morgan fingerprint density at radius 2 is 2.19 bits per heavy atom. The topological polar surface area (TPSA) is 72.5 Å². The van der Waals surface area contributed by atoms with Crippen molar-refractivity contribution in [2.45, 2.75) is 19.9 Å². The van der Waals surface area contributed by atoms with Crippen LogP contribution in [0.2, 0.25) is 0 Å². The molecule has 4 N–H and O–H groups in total. The zero-order valence-electron chi connectivity index (χ0n) is 14.6. The lowest BCUT2D eigenvalue weighted by atomic mass is 10.0. The van der Waals surface area contributed by atoms with Gasteiger partial charge in [0.1, 0.15) is 22.1 Å². The summed E-state index contributed by atoms with van der Waals surface area (Å²) in [5.74, 6) is -0.726. The molecule has 134 valence electrons. The number of quaternary nitrogens is 1. The SMILES string of the molecule is Cc1ccc(F)cc1NC(=O)c1sc2nc3c(cc2c1N)C[NH+](C)CC3. The number of aromatic nitrogens is 1. The number of likely N-dealkylation sites (N-methyl/N-ethyl adjacent to an activating group) is 1. The smallest absolute Gasteiger partial charge is 0.267 e. The number of amides is 1. The van der Waals surface area contributed by atoms with Crippen molar-refractivity contribution in [2.75, 3.05) is 24.6 Å². The van der Waals surface area contributed by atoms with Crippen LogP contribution in [0.3, 0.4) is 0 Å². The number of anilines is 2. The van der Waals surface area contributed by atoms with Gasteiger partial charge in [-0.25, -0.2) is 9.37 Å². The summed E-state index contributed by atoms with van der Waals surface area (Å²) in [5.41, 5.74) is 10.2. The Morgan fingerprint density at radius 3 is 3.00 bits per heavy atom. The molecule has 2 aromatic heterocycles. The van der Waals surface area contributed by atoms with E-state index in [-0.39, 0.29) is 5.91 Å². The zero-order valence-corrected chi connectivity index (χ0v) is 15.5. The largest absolute Gasteiger partial charge is 0.397 e. The highest BCUT2D eigenvalue weighted by Gasteiger charge is 2.23. The molecule has 26 heavy (non-hydrogen) atoms. The third kappa shape index (κ3) is 2.93. The average Bonchev–Trinajstić information content (AvgIpc) is 2.92. The molecule has 0 aliphatic carbocycles. The van der Waals surface area contributed by atoms with Gasteiger partial charge in [-0.2, -0.15) is 0 Å². The first-order valence-corrected chi connectivity index (χ1v) is 9.33. The molecule has 7 heteroatoms. The van der Waals surface area contributed by atoms with Gasteiger partial charge in [0.25, 0.3) is 5.91 Å². The molecule has 0 fully saturated rings. The van der Waals surface area contributed by atoms with Crippen LogP contribution in [0.15, 0.2) is 24.3 Å². The summed E-state index contributed by atoms with van der Waals surface area (Å²) >= 11 is 1.29. The van der Waals surface area contributed by atoms with E-state index < -0.39 is 5.82 Å². The van der Waals surface area contributed by atoms with Crippen molar-refractivity contribution in [2.24, 2.45) is 0 Å². The zero-order chi connectivity index (χ0) is 18.4. The number of nitrogens with zero attached hydrogens (tertiary/aromatic N) is 1. The first-order valence-electron chi connectivity index (χ1n) is 8.52. The van der Waals surface area contributed by atoms with Crippen LogP contribution in [0.1, 0.15) is 26.5 Å². The summed E-state index contributed by atoms with van der Waals surface area (Å²) in [5, 5.41) is 3.59. The lowest BCUT2D eigenvalue weighted by Crippen LogP contribution is -3.08. The number of benzene rings is 1. The molecule has 0 spiro atoms. The van der Waals surface area contributed by atoms with Crippen molar-refractivity contribution in [3.8, 4) is 0 Å². The maximum absolute atomic E-state index is 13.5. The molecule has 0 bridgehead atoms. The molecule has 1 aliphatic heterocycles. The lowest BCUT2D eigenvalue weighted by Gasteiger charge is -2.21. The first-order chi connectivity index (χ1) is 12.4. The number of rotatable bonds is 2. The number of thiophene rings is 1. The van der Waals surface area contributed by atoms with Gasteiger partial charge in [-0.15, -0.1) is 11.3 Å². The third-order valence-electron chi connectivity index (χ3n) is 4.82. The molecule has 1 aliphatic rings. The molecular formula is C19H20FN4OS+. The van der Waals surface area contributed by atoms with E-state index in [1.54, 1.807) is 6.07 Å². The number of carbonyl (C=O) groups excluding carboxylic acids is 1. The number of nitrogen functional groups attached to an aromatic ring is 1. The summed E-state index contributed by atoms with van der Waals surface area (Å²) in [4.78, 5) is 20.1. The minimum Gasteiger partial charge on any atom is -0.397 e. The number of hydrogen-bond donors (Lipinski definition) is 3. The number of halogens is 1. The number of hydrogen-bond acceptors (Lipinski definition) is 4. The van der Waals surface area contributed by atoms with Gasteiger partial charge < -0.3 is 16.0 Å². The average molecular weight is 371 g/mol. The summed E-state index contributed by atoms with van der Waals surface area (Å²) < 4.78 is 13.5. The Kier molecular flexibility index (Phi) is 4.13. The molecule has 5 nitrogen and oxygen atoms in total. The van der Waals surface area contributed by atoms with Crippen molar-refractivity contribution in [1.29, 1.82) is 0 Å². The first kappa shape index (κ1) is 16.9. The summed E-state index contributed by atoms with van der Waals surface area (Å²) in [6, 6.07) is 6.38. The lowest BCUT2D eigenvalue weighted by molar-refractivity contribution is -0.895. The van der Waals surface area contributed by atoms with Gasteiger partial charge in [0.2, 0.25) is 0 Å². The van der Waals surface area contributed by atoms with Crippen LogP contribution in [-0.2, 0) is 13.0 Å². The van der Waals surface area contributed by atoms with E-state index in [0.29, 0.717) is 16.3 Å². The second-order valence-electron chi connectivity index (χ2n) is 6.84. The fraction of sp³-hybridized carbons (Fsp3) is 0.263. The van der Waals surface area contributed by atoms with Gasteiger partial charge in [-0.3, -0.25) is 4.79 Å². The van der Waals surface area contributed by atoms with Crippen LogP contribution in [0, 0.1) is 12.7 Å². The van der Waals surface area contributed by atoms with Gasteiger partial charge in [-0.05, 0) is 30.7 Å². The van der Waals surface area contributed by atoms with Gasteiger partial charge in [0.05, 0.1) is 25.0 Å². The molecule has 1 unspecified atom stereocenters. The quantitative estimate of drug-likeness (QED) is 0.646. The fourth-order valence-electron chi connectivity index (χ4n) is 3.31. The molecule has 0 radical (unpaired) electrons. The standard InChI is InChI=1S/C19H19FN4OS/c1-10-3-4-12(20)8-15(10)22-18(25)17-16(21)13-7-11-9-24(2)6-5-14(11)23-19(13)26-17/h3-4,7-8H,5-6,9,21H2,1-2H3,(H,22,25)/p+1. The van der Waals surface area contributed by atoms with E-state index in [1.807, 2.05) is 6.92 Å². The minimum absolute atomic E-state index is 0.333. The maximum atomic E-state index is 13.5. The van der Waals surface area contributed by atoms with Crippen molar-refractivity contribution in [1.82, 2.24) is 4.98 Å². The third-order valence-corrected chi connectivity index (χ3v) is 5.94. The van der Waals surface area contributed by atoms with Crippen LogP contribution in [0.5, 0.6) is 0 Å². The molecule has 1 aromatic carbocycles. The van der Waals surface area contributed by atoms with Gasteiger partial charge in [-0.1, -0.05) is 6.07 Å². The van der Waals surface area contributed by atoms with E-state index in [2.05, 4.69) is 18.4 Å². The number of carbonyl (C=O) groups is 1. The van der Waals surface area contributed by atoms with Crippen molar-refractivity contribution in [3.63, 3.8) is 0 Å². The number of nitrogens with two attached hydrogens (primary N) is 1. The highest BCUT2D eigenvalue weighted by Crippen LogP contribution is 2.34. The molecule has 1 amide bonds. The Morgan fingerprint density at radius 1 is 1.38 bits per heavy atom. The molecule has 4 rings (SSSR count). The second-order valence-corrected chi connectivity index (χ2v) is 7.84. The Labute approximate surface area is 154 Å². The maximum Gasteiger partial charge on any atom is 0.267 e. The van der Waals surface area contributed by atoms with Crippen molar-refractivity contribution in [3.05, 3.63) is 51.8 Å². The molecule has 3 heterocycles. The second kappa shape index (κ2) is 6.34. The van der Waals surface area contributed by atoms with Gasteiger partial charge in [0, 0.05) is 23.1 Å². The van der Waals surface area contributed by atoms with Crippen LogP contribution < -0.4 is 16.0 Å². The van der Waals surface area contributed by atoms with Crippen LogP contribution in [0.4, 0.5) is 15.8 Å². The normalized spacial score (nSPS) is 16.5. The van der Waals surface area contributed by atoms with E-state index in [0.717, 1.165) is 41.0 Å².